The molecule has 4 aliphatic rings. The summed E-state index contributed by atoms with van der Waals surface area (Å²) in [4.78, 5) is 0. The molecule has 300 valence electrons. The number of aliphatic hydroxyl groups is 13. The highest BCUT2D eigenvalue weighted by molar-refractivity contribution is 4.98. The molecule has 0 amide bonds. The van der Waals surface area contributed by atoms with Crippen molar-refractivity contribution in [3.05, 3.63) is 0 Å². The molecule has 0 aromatic rings. The number of hydrogen-bond donors (Lipinski definition) is 14. The number of aliphatic hydroxyl groups excluding tert-OH is 13. The Balaban J connectivity index is 1.60. The van der Waals surface area contributed by atoms with Gasteiger partial charge in [0.1, 0.15) is 97.7 Å². The molecule has 0 unspecified atom stereocenters. The summed E-state index contributed by atoms with van der Waals surface area (Å²) in [5.74, 6) is 0. The summed E-state index contributed by atoms with van der Waals surface area (Å²) in [5.41, 5.74) is 5.38. The molecular weight excluding hydrogens is 702 g/mol. The molecule has 0 spiro atoms. The van der Waals surface area contributed by atoms with Crippen molar-refractivity contribution in [1.29, 1.82) is 0 Å². The molecular formula is C28H51NO22. The molecule has 0 saturated carbocycles. The number of rotatable bonds is 16. The van der Waals surface area contributed by atoms with Crippen LogP contribution in [0.5, 0.6) is 0 Å². The third kappa shape index (κ3) is 9.67. The summed E-state index contributed by atoms with van der Waals surface area (Å²) in [6, 6.07) is 0. The second-order valence-electron chi connectivity index (χ2n) is 12.4. The molecule has 0 aliphatic carbocycles. The molecule has 4 saturated heterocycles. The van der Waals surface area contributed by atoms with Crippen LogP contribution in [0, 0.1) is 0 Å². The van der Waals surface area contributed by atoms with Crippen molar-refractivity contribution in [3.63, 3.8) is 0 Å². The van der Waals surface area contributed by atoms with E-state index in [9.17, 15) is 66.4 Å². The van der Waals surface area contributed by atoms with Crippen LogP contribution in [-0.4, -0.2) is 242 Å². The van der Waals surface area contributed by atoms with Crippen molar-refractivity contribution in [2.24, 2.45) is 5.73 Å². The fraction of sp³-hybridized carbons (Fsp3) is 1.00. The van der Waals surface area contributed by atoms with Gasteiger partial charge < -0.3 is 115 Å². The van der Waals surface area contributed by atoms with E-state index in [1.54, 1.807) is 0 Å². The zero-order valence-corrected chi connectivity index (χ0v) is 27.3. The Labute approximate surface area is 290 Å². The van der Waals surface area contributed by atoms with Gasteiger partial charge in [-0.25, -0.2) is 0 Å². The molecule has 0 aromatic carbocycles. The highest BCUT2D eigenvalue weighted by Crippen LogP contribution is 2.35. The lowest BCUT2D eigenvalue weighted by atomic mass is 9.95. The first-order valence-corrected chi connectivity index (χ1v) is 16.4. The maximum atomic E-state index is 11.2. The highest BCUT2D eigenvalue weighted by atomic mass is 16.8. The summed E-state index contributed by atoms with van der Waals surface area (Å²) >= 11 is 0. The third-order valence-corrected chi connectivity index (χ3v) is 8.97. The van der Waals surface area contributed by atoms with Gasteiger partial charge in [-0.3, -0.25) is 0 Å². The molecule has 4 aliphatic heterocycles. The first-order chi connectivity index (χ1) is 24.3. The van der Waals surface area contributed by atoms with E-state index in [1.165, 1.54) is 0 Å². The van der Waals surface area contributed by atoms with Gasteiger partial charge in [0.25, 0.3) is 0 Å². The van der Waals surface area contributed by atoms with Crippen molar-refractivity contribution in [2.45, 2.75) is 123 Å². The van der Waals surface area contributed by atoms with Gasteiger partial charge in [-0.1, -0.05) is 0 Å². The monoisotopic (exact) mass is 753 g/mol. The van der Waals surface area contributed by atoms with E-state index < -0.39 is 149 Å². The second kappa shape index (κ2) is 19.6. The quantitative estimate of drug-likeness (QED) is 0.0651. The van der Waals surface area contributed by atoms with Crippen LogP contribution in [0.25, 0.3) is 0 Å². The lowest BCUT2D eigenvalue weighted by Crippen LogP contribution is -2.68. The van der Waals surface area contributed by atoms with Crippen molar-refractivity contribution in [3.8, 4) is 0 Å². The SMILES string of the molecule is NCCOCCO[C@H]1O[C@H](CO)[C@@H](O)[C@H](O[C@H]2O[C@H](CO)[C@@H](O)[C@H](O)[C@@H]2O[C@H]2O[C@H](CO)[C@@H](O)[C@H](O)[C@@H]2O[C@H]2O[C@H](CO)[C@@H](O)[C@H](O)[C@@H]2O)[C@@H]1O. The van der Waals surface area contributed by atoms with Crippen LogP contribution in [-0.2, 0) is 42.6 Å². The van der Waals surface area contributed by atoms with Crippen molar-refractivity contribution < 1.29 is 109 Å². The number of hydrogen-bond acceptors (Lipinski definition) is 23. The normalized spacial score (nSPS) is 48.1. The molecule has 0 radical (unpaired) electrons. The van der Waals surface area contributed by atoms with E-state index in [-0.39, 0.29) is 26.4 Å². The van der Waals surface area contributed by atoms with Gasteiger partial charge in [-0.15, -0.1) is 0 Å². The smallest absolute Gasteiger partial charge is 0.187 e. The Bertz CT molecular complexity index is 1020. The molecule has 0 bridgehead atoms. The summed E-state index contributed by atoms with van der Waals surface area (Å²) in [6.45, 7) is -3.02. The standard InChI is InChI=1S/C28H51NO22/c29-1-2-43-3-4-44-25-21(42)22(16(37)12(8-33)45-25)49-27-24(19(40)15(36)10(6-31)47-27)51-28-23(18(39)14(35)11(7-32)48-28)50-26-20(41)17(38)13(34)9(5-30)46-26/h9-28,30-42H,1-8,29H2/t9-,10-,11-,12-,13-,14-,15-,16-,17+,18+,19+,20+,21+,22+,23+,24+,25+,26-,27-,28-/m1/s1. The summed E-state index contributed by atoms with van der Waals surface area (Å²) in [6.07, 6.45) is -35.9. The van der Waals surface area contributed by atoms with Crippen molar-refractivity contribution in [2.75, 3.05) is 52.8 Å². The van der Waals surface area contributed by atoms with Crippen molar-refractivity contribution >= 4 is 0 Å². The molecule has 0 aromatic heterocycles. The Morgan fingerprint density at radius 1 is 0.392 bits per heavy atom. The fourth-order valence-corrected chi connectivity index (χ4v) is 6.03. The Kier molecular flexibility index (Phi) is 16.5. The predicted octanol–water partition coefficient (Wildman–Crippen LogP) is -9.75. The van der Waals surface area contributed by atoms with Crippen LogP contribution >= 0.6 is 0 Å². The largest absolute Gasteiger partial charge is 0.394 e. The molecule has 4 heterocycles. The van der Waals surface area contributed by atoms with Crippen LogP contribution in [0.3, 0.4) is 0 Å². The van der Waals surface area contributed by atoms with Gasteiger partial charge in [-0.2, -0.15) is 0 Å². The van der Waals surface area contributed by atoms with Crippen LogP contribution in [0.15, 0.2) is 0 Å². The molecule has 4 fully saturated rings. The van der Waals surface area contributed by atoms with Crippen LogP contribution < -0.4 is 5.73 Å². The lowest BCUT2D eigenvalue weighted by molar-refractivity contribution is -0.403. The average molecular weight is 754 g/mol. The van der Waals surface area contributed by atoms with E-state index in [2.05, 4.69) is 0 Å². The molecule has 4 rings (SSSR count). The van der Waals surface area contributed by atoms with E-state index in [4.69, 9.17) is 48.4 Å². The van der Waals surface area contributed by atoms with E-state index in [0.717, 1.165) is 0 Å². The third-order valence-electron chi connectivity index (χ3n) is 8.97. The first-order valence-electron chi connectivity index (χ1n) is 16.4. The summed E-state index contributed by atoms with van der Waals surface area (Å²) in [5, 5.41) is 136. The topological polar surface area (TPSA) is 372 Å². The summed E-state index contributed by atoms with van der Waals surface area (Å²) in [7, 11) is 0. The molecule has 23 heteroatoms. The zero-order chi connectivity index (χ0) is 37.6. The number of nitrogens with two attached hydrogens (primary N) is 1. The van der Waals surface area contributed by atoms with Crippen LogP contribution in [0.4, 0.5) is 0 Å². The predicted molar refractivity (Wildman–Crippen MR) is 157 cm³/mol. The van der Waals surface area contributed by atoms with Crippen LogP contribution in [0.2, 0.25) is 0 Å². The van der Waals surface area contributed by atoms with Gasteiger partial charge in [0.2, 0.25) is 0 Å². The first kappa shape index (κ1) is 42.8. The Hall–Kier alpha value is -0.920. The highest BCUT2D eigenvalue weighted by Gasteiger charge is 2.56. The molecule has 15 N–H and O–H groups in total. The van der Waals surface area contributed by atoms with E-state index in [1.807, 2.05) is 0 Å². The lowest BCUT2D eigenvalue weighted by Gasteiger charge is -2.49. The maximum Gasteiger partial charge on any atom is 0.187 e. The van der Waals surface area contributed by atoms with Gasteiger partial charge >= 0.3 is 0 Å². The minimum absolute atomic E-state index is 0.0364. The fourth-order valence-electron chi connectivity index (χ4n) is 6.03. The van der Waals surface area contributed by atoms with Crippen LogP contribution in [0.1, 0.15) is 0 Å². The van der Waals surface area contributed by atoms with Gasteiger partial charge in [0.05, 0.1) is 46.2 Å². The number of ether oxygens (including phenoxy) is 9. The Morgan fingerprint density at radius 2 is 0.804 bits per heavy atom. The van der Waals surface area contributed by atoms with Gasteiger partial charge in [-0.05, 0) is 0 Å². The van der Waals surface area contributed by atoms with Gasteiger partial charge in [0.15, 0.2) is 25.2 Å². The van der Waals surface area contributed by atoms with Crippen molar-refractivity contribution in [1.82, 2.24) is 0 Å². The summed E-state index contributed by atoms with van der Waals surface area (Å²) < 4.78 is 50.1. The maximum absolute atomic E-state index is 11.2. The van der Waals surface area contributed by atoms with E-state index in [0.29, 0.717) is 0 Å². The Morgan fingerprint density at radius 3 is 1.29 bits per heavy atom. The van der Waals surface area contributed by atoms with Gasteiger partial charge in [0, 0.05) is 6.54 Å². The average Bonchev–Trinajstić information content (AvgIpc) is 3.12. The second-order valence-corrected chi connectivity index (χ2v) is 12.4. The molecule has 20 atom stereocenters. The molecule has 51 heavy (non-hydrogen) atoms. The minimum Gasteiger partial charge on any atom is -0.394 e. The van der Waals surface area contributed by atoms with E-state index >= 15 is 0 Å². The zero-order valence-electron chi connectivity index (χ0n) is 27.3. The molecule has 23 nitrogen and oxygen atoms in total. The minimum atomic E-state index is -2.02.